The van der Waals surface area contributed by atoms with Crippen LogP contribution in [0.4, 0.5) is 0 Å². The molecule has 1 aliphatic rings. The molecule has 0 bridgehead atoms. The van der Waals surface area contributed by atoms with Gasteiger partial charge in [0.05, 0.1) is 0 Å². The highest BCUT2D eigenvalue weighted by atomic mass is 16.4. The van der Waals surface area contributed by atoms with E-state index in [-0.39, 0.29) is 0 Å². The van der Waals surface area contributed by atoms with Crippen molar-refractivity contribution in [3.63, 3.8) is 0 Å². The molecule has 0 amide bonds. The Labute approximate surface area is 90.1 Å². The first-order chi connectivity index (χ1) is 7.25. The summed E-state index contributed by atoms with van der Waals surface area (Å²) in [6, 6.07) is 0. The van der Waals surface area contributed by atoms with Crippen molar-refractivity contribution in [1.29, 1.82) is 0 Å². The van der Waals surface area contributed by atoms with Crippen molar-refractivity contribution in [2.45, 2.75) is 38.6 Å². The van der Waals surface area contributed by atoms with E-state index in [0.717, 1.165) is 6.54 Å². The number of hydrogen-bond donors (Lipinski definition) is 2. The Morgan fingerprint density at radius 2 is 2.07 bits per heavy atom. The molecular weight excluding hydrogens is 191 g/mol. The Balaban J connectivity index is 1.91. The molecule has 1 aliphatic carbocycles. The summed E-state index contributed by atoms with van der Waals surface area (Å²) in [5.74, 6) is 0.710. The molecule has 0 atom stereocenters. The first-order valence-electron chi connectivity index (χ1n) is 5.64. The molecule has 4 nitrogen and oxygen atoms in total. The molecule has 2 N–H and O–H groups in total. The van der Waals surface area contributed by atoms with Crippen LogP contribution in [0.2, 0.25) is 0 Å². The van der Waals surface area contributed by atoms with Gasteiger partial charge in [-0.3, -0.25) is 4.68 Å². The zero-order valence-corrected chi connectivity index (χ0v) is 8.84. The van der Waals surface area contributed by atoms with Crippen molar-refractivity contribution >= 4 is 12.6 Å². The standard InChI is InChI=1S/C10H17BN2O2/c14-11(15)10-6-12-13(8-10)7-9-4-2-1-3-5-9/h6,8-9,14-15H,1-5,7H2. The fourth-order valence-electron chi connectivity index (χ4n) is 2.25. The molecule has 1 heterocycles. The van der Waals surface area contributed by atoms with Gasteiger partial charge in [0.1, 0.15) is 0 Å². The SMILES string of the molecule is OB(O)c1cnn(CC2CCCCC2)c1. The van der Waals surface area contributed by atoms with Crippen LogP contribution in [-0.4, -0.2) is 26.9 Å². The van der Waals surface area contributed by atoms with Crippen molar-refractivity contribution in [2.24, 2.45) is 5.92 Å². The van der Waals surface area contributed by atoms with Gasteiger partial charge in [-0.1, -0.05) is 19.3 Å². The lowest BCUT2D eigenvalue weighted by Gasteiger charge is -2.21. The van der Waals surface area contributed by atoms with E-state index in [1.54, 1.807) is 6.20 Å². The third kappa shape index (κ3) is 2.82. The summed E-state index contributed by atoms with van der Waals surface area (Å²) in [5.41, 5.74) is 0.478. The summed E-state index contributed by atoms with van der Waals surface area (Å²) in [6.45, 7) is 0.909. The lowest BCUT2D eigenvalue weighted by molar-refractivity contribution is 0.308. The van der Waals surface area contributed by atoms with Crippen molar-refractivity contribution < 1.29 is 10.0 Å². The third-order valence-electron chi connectivity index (χ3n) is 3.12. The molecule has 0 saturated heterocycles. The monoisotopic (exact) mass is 208 g/mol. The van der Waals surface area contributed by atoms with Gasteiger partial charge < -0.3 is 10.0 Å². The summed E-state index contributed by atoms with van der Waals surface area (Å²) in [4.78, 5) is 0. The second-order valence-corrected chi connectivity index (χ2v) is 4.37. The van der Waals surface area contributed by atoms with E-state index in [9.17, 15) is 0 Å². The van der Waals surface area contributed by atoms with Crippen LogP contribution in [0.5, 0.6) is 0 Å². The average Bonchev–Trinajstić information content (AvgIpc) is 2.68. The molecule has 5 heteroatoms. The highest BCUT2D eigenvalue weighted by Gasteiger charge is 2.17. The molecule has 0 aromatic carbocycles. The van der Waals surface area contributed by atoms with Crippen LogP contribution in [0.1, 0.15) is 32.1 Å². The molecule has 1 aromatic rings. The topological polar surface area (TPSA) is 58.3 Å². The Kier molecular flexibility index (Phi) is 3.43. The van der Waals surface area contributed by atoms with Gasteiger partial charge in [0.2, 0.25) is 0 Å². The quantitative estimate of drug-likeness (QED) is 0.695. The molecule has 0 spiro atoms. The summed E-state index contributed by atoms with van der Waals surface area (Å²) in [6.07, 6.45) is 9.79. The second-order valence-electron chi connectivity index (χ2n) is 4.37. The van der Waals surface area contributed by atoms with Crippen LogP contribution < -0.4 is 5.46 Å². The largest absolute Gasteiger partial charge is 0.491 e. The first kappa shape index (κ1) is 10.7. The molecular formula is C10H17BN2O2. The van der Waals surface area contributed by atoms with Gasteiger partial charge in [-0.25, -0.2) is 0 Å². The molecule has 0 unspecified atom stereocenters. The molecule has 15 heavy (non-hydrogen) atoms. The molecule has 0 aliphatic heterocycles. The summed E-state index contributed by atoms with van der Waals surface area (Å²) in [5, 5.41) is 22.0. The van der Waals surface area contributed by atoms with Crippen molar-refractivity contribution in [2.75, 3.05) is 0 Å². The second kappa shape index (κ2) is 4.81. The van der Waals surface area contributed by atoms with Gasteiger partial charge in [0.25, 0.3) is 0 Å². The molecule has 0 radical (unpaired) electrons. The van der Waals surface area contributed by atoms with Gasteiger partial charge in [-0.05, 0) is 18.8 Å². The molecule has 1 saturated carbocycles. The lowest BCUT2D eigenvalue weighted by Crippen LogP contribution is -2.28. The summed E-state index contributed by atoms with van der Waals surface area (Å²) >= 11 is 0. The minimum absolute atomic E-state index is 0.478. The molecule has 82 valence electrons. The fraction of sp³-hybridized carbons (Fsp3) is 0.700. The maximum atomic E-state index is 8.95. The van der Waals surface area contributed by atoms with Gasteiger partial charge in [-0.2, -0.15) is 5.10 Å². The summed E-state index contributed by atoms with van der Waals surface area (Å²) < 4.78 is 1.82. The van der Waals surface area contributed by atoms with E-state index in [2.05, 4.69) is 5.10 Å². The van der Waals surface area contributed by atoms with Crippen LogP contribution in [0.15, 0.2) is 12.4 Å². The summed E-state index contributed by atoms with van der Waals surface area (Å²) in [7, 11) is -1.40. The highest BCUT2D eigenvalue weighted by molar-refractivity contribution is 6.58. The lowest BCUT2D eigenvalue weighted by atomic mass is 9.83. The number of nitrogens with zero attached hydrogens (tertiary/aromatic N) is 2. The highest BCUT2D eigenvalue weighted by Crippen LogP contribution is 2.24. The van der Waals surface area contributed by atoms with Crippen LogP contribution in [0.25, 0.3) is 0 Å². The maximum Gasteiger partial charge on any atom is 0.491 e. The van der Waals surface area contributed by atoms with Crippen LogP contribution in [0.3, 0.4) is 0 Å². The van der Waals surface area contributed by atoms with E-state index in [1.807, 2.05) is 4.68 Å². The number of hydrogen-bond acceptors (Lipinski definition) is 3. The predicted molar refractivity (Wildman–Crippen MR) is 58.6 cm³/mol. The molecule has 1 aromatic heterocycles. The van der Waals surface area contributed by atoms with E-state index < -0.39 is 7.12 Å². The Hall–Kier alpha value is -0.805. The Morgan fingerprint density at radius 1 is 1.33 bits per heavy atom. The zero-order valence-electron chi connectivity index (χ0n) is 8.84. The maximum absolute atomic E-state index is 8.95. The zero-order chi connectivity index (χ0) is 10.7. The van der Waals surface area contributed by atoms with Gasteiger partial charge >= 0.3 is 7.12 Å². The van der Waals surface area contributed by atoms with E-state index in [1.165, 1.54) is 38.3 Å². The Morgan fingerprint density at radius 3 is 2.67 bits per heavy atom. The average molecular weight is 208 g/mol. The number of rotatable bonds is 3. The smallest absolute Gasteiger partial charge is 0.423 e. The minimum Gasteiger partial charge on any atom is -0.423 e. The van der Waals surface area contributed by atoms with E-state index in [4.69, 9.17) is 10.0 Å². The van der Waals surface area contributed by atoms with Crippen LogP contribution in [-0.2, 0) is 6.54 Å². The third-order valence-corrected chi connectivity index (χ3v) is 3.12. The van der Waals surface area contributed by atoms with Crippen LogP contribution >= 0.6 is 0 Å². The van der Waals surface area contributed by atoms with Gasteiger partial charge in [-0.15, -0.1) is 0 Å². The van der Waals surface area contributed by atoms with E-state index in [0.29, 0.717) is 11.4 Å². The normalized spacial score (nSPS) is 18.0. The Bertz CT molecular complexity index is 308. The minimum atomic E-state index is -1.40. The van der Waals surface area contributed by atoms with Crippen molar-refractivity contribution in [3.8, 4) is 0 Å². The fourth-order valence-corrected chi connectivity index (χ4v) is 2.25. The number of aromatic nitrogens is 2. The van der Waals surface area contributed by atoms with Gasteiger partial charge in [0.15, 0.2) is 0 Å². The van der Waals surface area contributed by atoms with E-state index >= 15 is 0 Å². The van der Waals surface area contributed by atoms with Crippen molar-refractivity contribution in [1.82, 2.24) is 9.78 Å². The van der Waals surface area contributed by atoms with Crippen LogP contribution in [0, 0.1) is 5.92 Å². The van der Waals surface area contributed by atoms with Gasteiger partial charge in [0, 0.05) is 24.4 Å². The van der Waals surface area contributed by atoms with Crippen molar-refractivity contribution in [3.05, 3.63) is 12.4 Å². The molecule has 1 fully saturated rings. The predicted octanol–water partition coefficient (Wildman–Crippen LogP) is 0.143. The first-order valence-corrected chi connectivity index (χ1v) is 5.64. The molecule has 2 rings (SSSR count).